The highest BCUT2D eigenvalue weighted by molar-refractivity contribution is 6.31. The molecule has 0 spiro atoms. The minimum Gasteiger partial charge on any atom is -0.397 e. The van der Waals surface area contributed by atoms with Gasteiger partial charge < -0.3 is 10.6 Å². The number of anilines is 2. The summed E-state index contributed by atoms with van der Waals surface area (Å²) >= 11 is 5.83. The maximum absolute atomic E-state index is 13.3. The van der Waals surface area contributed by atoms with Gasteiger partial charge >= 0.3 is 0 Å². The van der Waals surface area contributed by atoms with Gasteiger partial charge in [-0.1, -0.05) is 41.9 Å². The quantitative estimate of drug-likeness (QED) is 0.854. The molecule has 2 aromatic carbocycles. The number of halogens is 2. The van der Waals surface area contributed by atoms with Crippen molar-refractivity contribution in [2.45, 2.75) is 13.5 Å². The predicted molar refractivity (Wildman–Crippen MR) is 79.0 cm³/mol. The molecule has 0 unspecified atom stereocenters. The summed E-state index contributed by atoms with van der Waals surface area (Å²) in [5, 5.41) is 0.0933. The first-order chi connectivity index (χ1) is 9.11. The van der Waals surface area contributed by atoms with Crippen LogP contribution in [0.4, 0.5) is 15.8 Å². The minimum atomic E-state index is -0.487. The van der Waals surface area contributed by atoms with Crippen molar-refractivity contribution in [1.29, 1.82) is 0 Å². The molecular weight excluding hydrogens is 263 g/mol. The van der Waals surface area contributed by atoms with E-state index < -0.39 is 5.82 Å². The van der Waals surface area contributed by atoms with Crippen LogP contribution >= 0.6 is 11.6 Å². The molecule has 19 heavy (non-hydrogen) atoms. The lowest BCUT2D eigenvalue weighted by molar-refractivity contribution is 0.628. The number of nitrogens with two attached hydrogens (primary N) is 1. The maximum atomic E-state index is 13.3. The van der Waals surface area contributed by atoms with Gasteiger partial charge in [-0.25, -0.2) is 4.39 Å². The molecule has 0 saturated carbocycles. The molecule has 0 aliphatic rings. The normalized spacial score (nSPS) is 10.5. The molecule has 100 valence electrons. The van der Waals surface area contributed by atoms with Gasteiger partial charge in [-0.2, -0.15) is 0 Å². The summed E-state index contributed by atoms with van der Waals surface area (Å²) in [6, 6.07) is 12.9. The van der Waals surface area contributed by atoms with Gasteiger partial charge in [-0.15, -0.1) is 0 Å². The zero-order valence-corrected chi connectivity index (χ0v) is 11.5. The molecular formula is C15H16ClFN2. The number of rotatable bonds is 4. The van der Waals surface area contributed by atoms with Crippen LogP contribution in [-0.4, -0.2) is 6.54 Å². The van der Waals surface area contributed by atoms with Crippen LogP contribution in [0.1, 0.15) is 12.5 Å². The van der Waals surface area contributed by atoms with Crippen molar-refractivity contribution < 1.29 is 4.39 Å². The Balaban J connectivity index is 2.30. The van der Waals surface area contributed by atoms with Crippen LogP contribution < -0.4 is 10.6 Å². The first kappa shape index (κ1) is 13.7. The van der Waals surface area contributed by atoms with Crippen molar-refractivity contribution in [3.05, 3.63) is 58.9 Å². The predicted octanol–water partition coefficient (Wildman–Crippen LogP) is 4.09. The van der Waals surface area contributed by atoms with E-state index in [9.17, 15) is 4.39 Å². The summed E-state index contributed by atoms with van der Waals surface area (Å²) in [7, 11) is 0. The van der Waals surface area contributed by atoms with Crippen molar-refractivity contribution in [3.63, 3.8) is 0 Å². The van der Waals surface area contributed by atoms with Crippen molar-refractivity contribution in [1.82, 2.24) is 0 Å². The number of nitrogen functional groups attached to an aromatic ring is 1. The third kappa shape index (κ3) is 3.18. The van der Waals surface area contributed by atoms with Crippen molar-refractivity contribution in [2.24, 2.45) is 0 Å². The van der Waals surface area contributed by atoms with Gasteiger partial charge in [0.25, 0.3) is 0 Å². The monoisotopic (exact) mass is 278 g/mol. The van der Waals surface area contributed by atoms with E-state index in [2.05, 4.69) is 4.90 Å². The molecule has 0 heterocycles. The van der Waals surface area contributed by atoms with E-state index >= 15 is 0 Å². The van der Waals surface area contributed by atoms with Gasteiger partial charge in [0, 0.05) is 19.2 Å². The highest BCUT2D eigenvalue weighted by Crippen LogP contribution is 2.30. The summed E-state index contributed by atoms with van der Waals surface area (Å²) in [4.78, 5) is 2.07. The Morgan fingerprint density at radius 1 is 1.21 bits per heavy atom. The molecule has 2 aromatic rings. The van der Waals surface area contributed by atoms with Gasteiger partial charge in [0.2, 0.25) is 0 Å². The van der Waals surface area contributed by atoms with E-state index in [0.29, 0.717) is 12.2 Å². The zero-order chi connectivity index (χ0) is 13.8. The van der Waals surface area contributed by atoms with E-state index in [1.165, 1.54) is 11.6 Å². The van der Waals surface area contributed by atoms with Crippen molar-refractivity contribution in [2.75, 3.05) is 17.2 Å². The average molecular weight is 279 g/mol. The Hall–Kier alpha value is -1.74. The molecule has 2 nitrogen and oxygen atoms in total. The van der Waals surface area contributed by atoms with Crippen LogP contribution in [-0.2, 0) is 6.54 Å². The first-order valence-electron chi connectivity index (χ1n) is 6.15. The Morgan fingerprint density at radius 2 is 1.89 bits per heavy atom. The first-order valence-corrected chi connectivity index (χ1v) is 6.53. The molecule has 0 aliphatic heterocycles. The summed E-state index contributed by atoms with van der Waals surface area (Å²) in [6.45, 7) is 3.50. The number of benzene rings is 2. The third-order valence-electron chi connectivity index (χ3n) is 3.01. The highest BCUT2D eigenvalue weighted by atomic mass is 35.5. The van der Waals surface area contributed by atoms with E-state index in [-0.39, 0.29) is 5.02 Å². The minimum absolute atomic E-state index is 0.0933. The van der Waals surface area contributed by atoms with Crippen LogP contribution in [0.2, 0.25) is 5.02 Å². The average Bonchev–Trinajstić information content (AvgIpc) is 2.42. The van der Waals surface area contributed by atoms with E-state index in [1.54, 1.807) is 6.07 Å². The van der Waals surface area contributed by atoms with Crippen molar-refractivity contribution in [3.8, 4) is 0 Å². The molecule has 0 fully saturated rings. The Bertz CT molecular complexity index is 558. The molecule has 0 aromatic heterocycles. The standard InChI is InChI=1S/C15H16ClFN2/c1-2-19(10-11-6-4-3-5-7-11)15-8-12(16)13(17)9-14(15)18/h3-9H,2,10,18H2,1H3. The Morgan fingerprint density at radius 3 is 2.53 bits per heavy atom. The van der Waals surface area contributed by atoms with E-state index in [1.807, 2.05) is 37.3 Å². The number of hydrogen-bond acceptors (Lipinski definition) is 2. The highest BCUT2D eigenvalue weighted by Gasteiger charge is 2.12. The molecule has 0 aliphatic carbocycles. The largest absolute Gasteiger partial charge is 0.397 e. The SMILES string of the molecule is CCN(Cc1ccccc1)c1cc(Cl)c(F)cc1N. The van der Waals surface area contributed by atoms with Gasteiger partial charge in [-0.3, -0.25) is 0 Å². The topological polar surface area (TPSA) is 29.3 Å². The second-order valence-electron chi connectivity index (χ2n) is 4.32. The van der Waals surface area contributed by atoms with Crippen LogP contribution in [0, 0.1) is 5.82 Å². The fourth-order valence-corrected chi connectivity index (χ4v) is 2.15. The lowest BCUT2D eigenvalue weighted by atomic mass is 10.2. The van der Waals surface area contributed by atoms with Crippen LogP contribution in [0.25, 0.3) is 0 Å². The van der Waals surface area contributed by atoms with Gasteiger partial charge in [0.1, 0.15) is 5.82 Å². The molecule has 4 heteroatoms. The van der Waals surface area contributed by atoms with Gasteiger partial charge in [-0.05, 0) is 18.6 Å². The van der Waals surface area contributed by atoms with Gasteiger partial charge in [0.15, 0.2) is 0 Å². The lowest BCUT2D eigenvalue weighted by Gasteiger charge is -2.25. The second-order valence-corrected chi connectivity index (χ2v) is 4.73. The van der Waals surface area contributed by atoms with Gasteiger partial charge in [0.05, 0.1) is 16.4 Å². The molecule has 0 atom stereocenters. The Labute approximate surface area is 117 Å². The summed E-state index contributed by atoms with van der Waals surface area (Å²) < 4.78 is 13.3. The fraction of sp³-hybridized carbons (Fsp3) is 0.200. The van der Waals surface area contributed by atoms with Crippen LogP contribution in [0.3, 0.4) is 0 Å². The van der Waals surface area contributed by atoms with E-state index in [0.717, 1.165) is 12.2 Å². The van der Waals surface area contributed by atoms with E-state index in [4.69, 9.17) is 17.3 Å². The smallest absolute Gasteiger partial charge is 0.143 e. The second kappa shape index (κ2) is 5.93. The number of nitrogens with zero attached hydrogens (tertiary/aromatic N) is 1. The molecule has 0 saturated heterocycles. The summed E-state index contributed by atoms with van der Waals surface area (Å²) in [5.74, 6) is -0.487. The molecule has 0 bridgehead atoms. The van der Waals surface area contributed by atoms with Crippen LogP contribution in [0.5, 0.6) is 0 Å². The number of hydrogen-bond donors (Lipinski definition) is 1. The molecule has 2 N–H and O–H groups in total. The molecule has 0 amide bonds. The fourth-order valence-electron chi connectivity index (χ4n) is 2.00. The van der Waals surface area contributed by atoms with Crippen molar-refractivity contribution >= 4 is 23.0 Å². The Kier molecular flexibility index (Phi) is 4.27. The lowest BCUT2D eigenvalue weighted by Crippen LogP contribution is -2.23. The zero-order valence-electron chi connectivity index (χ0n) is 10.7. The molecule has 0 radical (unpaired) electrons. The summed E-state index contributed by atoms with van der Waals surface area (Å²) in [5.41, 5.74) is 8.21. The van der Waals surface area contributed by atoms with Crippen LogP contribution in [0.15, 0.2) is 42.5 Å². The molecule has 2 rings (SSSR count). The maximum Gasteiger partial charge on any atom is 0.143 e. The third-order valence-corrected chi connectivity index (χ3v) is 3.30. The summed E-state index contributed by atoms with van der Waals surface area (Å²) in [6.07, 6.45) is 0.